The molecule has 1 unspecified atom stereocenters. The van der Waals surface area contributed by atoms with E-state index in [-0.39, 0.29) is 0 Å². The molecule has 0 aliphatic heterocycles. The number of carbonyl (C=O) groups excluding carboxylic acids is 1. The van der Waals surface area contributed by atoms with Gasteiger partial charge in [-0.05, 0) is 19.1 Å². The summed E-state index contributed by atoms with van der Waals surface area (Å²) < 4.78 is 0. The third-order valence-corrected chi connectivity index (χ3v) is 3.73. The Morgan fingerprint density at radius 1 is 1.33 bits per heavy atom. The van der Waals surface area contributed by atoms with Crippen LogP contribution in [0.2, 0.25) is 0 Å². The Morgan fingerprint density at radius 3 is 2.50 bits per heavy atom. The number of rotatable bonds is 9. The van der Waals surface area contributed by atoms with E-state index in [0.29, 0.717) is 18.2 Å². The number of amides is 2. The second-order valence-electron chi connectivity index (χ2n) is 4.27. The molecule has 0 aromatic heterocycles. The van der Waals surface area contributed by atoms with Gasteiger partial charge in [-0.3, -0.25) is 0 Å². The molecule has 0 spiro atoms. The minimum absolute atomic E-state index is 0.396. The first-order chi connectivity index (χ1) is 8.51. The maximum absolute atomic E-state index is 11.5. The molecule has 3 N–H and O–H groups in total. The summed E-state index contributed by atoms with van der Waals surface area (Å²) in [6, 6.07) is -1.19. The molecule has 0 saturated heterocycles. The molecule has 0 bridgehead atoms. The van der Waals surface area contributed by atoms with Crippen molar-refractivity contribution in [3.8, 4) is 0 Å². The molecule has 2 amide bonds. The van der Waals surface area contributed by atoms with Crippen LogP contribution in [0.4, 0.5) is 4.79 Å². The Labute approximate surface area is 113 Å². The molecule has 0 aliphatic rings. The van der Waals surface area contributed by atoms with E-state index >= 15 is 0 Å². The number of urea groups is 1. The highest BCUT2D eigenvalue weighted by Gasteiger charge is 2.18. The highest BCUT2D eigenvalue weighted by molar-refractivity contribution is 7.99. The van der Waals surface area contributed by atoms with Crippen LogP contribution < -0.4 is 10.6 Å². The van der Waals surface area contributed by atoms with E-state index in [9.17, 15) is 9.59 Å². The van der Waals surface area contributed by atoms with E-state index < -0.39 is 18.0 Å². The van der Waals surface area contributed by atoms with Gasteiger partial charge in [-0.15, -0.1) is 0 Å². The van der Waals surface area contributed by atoms with Crippen molar-refractivity contribution >= 4 is 23.8 Å². The Hall–Kier alpha value is -0.910. The van der Waals surface area contributed by atoms with Crippen molar-refractivity contribution in [2.45, 2.75) is 50.8 Å². The first kappa shape index (κ1) is 17.1. The maximum atomic E-state index is 11.5. The predicted octanol–water partition coefficient (Wildman–Crippen LogP) is 2.07. The van der Waals surface area contributed by atoms with Crippen LogP contribution in [-0.2, 0) is 4.79 Å². The van der Waals surface area contributed by atoms with E-state index in [1.54, 1.807) is 11.8 Å². The smallest absolute Gasteiger partial charge is 0.326 e. The minimum atomic E-state index is -0.976. The zero-order valence-corrected chi connectivity index (χ0v) is 12.2. The summed E-state index contributed by atoms with van der Waals surface area (Å²) in [4.78, 5) is 22.4. The number of hydrogen-bond acceptors (Lipinski definition) is 3. The zero-order chi connectivity index (χ0) is 14.0. The fraction of sp³-hybridized carbons (Fsp3) is 0.833. The summed E-state index contributed by atoms with van der Waals surface area (Å²) in [6.45, 7) is 4.64. The summed E-state index contributed by atoms with van der Waals surface area (Å²) >= 11 is 1.74. The summed E-state index contributed by atoms with van der Waals surface area (Å²) in [6.07, 6.45) is 5.08. The van der Waals surface area contributed by atoms with Gasteiger partial charge in [0.1, 0.15) is 6.04 Å². The van der Waals surface area contributed by atoms with Crippen molar-refractivity contribution in [1.82, 2.24) is 10.6 Å². The number of carboxylic acids is 1. The molecule has 5 nitrogen and oxygen atoms in total. The van der Waals surface area contributed by atoms with E-state index in [2.05, 4.69) is 17.6 Å². The van der Waals surface area contributed by atoms with Crippen LogP contribution in [0, 0.1) is 0 Å². The summed E-state index contributed by atoms with van der Waals surface area (Å²) in [5.74, 6) is -0.976. The van der Waals surface area contributed by atoms with Crippen molar-refractivity contribution in [2.24, 2.45) is 0 Å². The number of carboxylic acid groups (broad SMARTS) is 1. The standard InChI is InChI=1S/C12H24N2O3S/c1-4-5-6-10(11(15)16)14-12(17)13-8-7-9(2)18-3/h9-10H,4-8H2,1-3H3,(H,15,16)(H2,13,14,17)/t9?,10-/m0/s1. The first-order valence-corrected chi connectivity index (χ1v) is 7.60. The molecule has 0 saturated carbocycles. The second kappa shape index (κ2) is 10.1. The van der Waals surface area contributed by atoms with Crippen molar-refractivity contribution in [3.63, 3.8) is 0 Å². The molecule has 2 atom stereocenters. The van der Waals surface area contributed by atoms with Crippen LogP contribution in [-0.4, -0.2) is 41.2 Å². The number of thioether (sulfide) groups is 1. The lowest BCUT2D eigenvalue weighted by molar-refractivity contribution is -0.139. The number of unbranched alkanes of at least 4 members (excludes halogenated alkanes) is 1. The highest BCUT2D eigenvalue weighted by atomic mass is 32.2. The third-order valence-electron chi connectivity index (χ3n) is 2.69. The van der Waals surface area contributed by atoms with E-state index in [4.69, 9.17) is 5.11 Å². The fourth-order valence-corrected chi connectivity index (χ4v) is 1.74. The fourth-order valence-electron chi connectivity index (χ4n) is 1.38. The largest absolute Gasteiger partial charge is 0.480 e. The molecule has 0 aromatic rings. The molecule has 6 heteroatoms. The number of carbonyl (C=O) groups is 2. The summed E-state index contributed by atoms with van der Waals surface area (Å²) in [5, 5.41) is 14.6. The van der Waals surface area contributed by atoms with Gasteiger partial charge in [0.25, 0.3) is 0 Å². The quantitative estimate of drug-likeness (QED) is 0.602. The van der Waals surface area contributed by atoms with Gasteiger partial charge in [0.15, 0.2) is 0 Å². The van der Waals surface area contributed by atoms with E-state index in [0.717, 1.165) is 19.3 Å². The molecular formula is C12H24N2O3S. The van der Waals surface area contributed by atoms with Gasteiger partial charge in [0.2, 0.25) is 0 Å². The SMILES string of the molecule is CCCC[C@H](NC(=O)NCCC(C)SC)C(=O)O. The van der Waals surface area contributed by atoms with Crippen LogP contribution in [0.5, 0.6) is 0 Å². The summed E-state index contributed by atoms with van der Waals surface area (Å²) in [7, 11) is 0. The maximum Gasteiger partial charge on any atom is 0.326 e. The van der Waals surface area contributed by atoms with Gasteiger partial charge in [0.05, 0.1) is 0 Å². The number of nitrogens with one attached hydrogen (secondary N) is 2. The molecule has 0 rings (SSSR count). The molecule has 0 radical (unpaired) electrons. The van der Waals surface area contributed by atoms with Gasteiger partial charge in [-0.1, -0.05) is 26.7 Å². The van der Waals surface area contributed by atoms with Crippen LogP contribution in [0.25, 0.3) is 0 Å². The average Bonchev–Trinajstić information content (AvgIpc) is 2.33. The van der Waals surface area contributed by atoms with Crippen LogP contribution >= 0.6 is 11.8 Å². The van der Waals surface area contributed by atoms with Crippen LogP contribution in [0.1, 0.15) is 39.5 Å². The van der Waals surface area contributed by atoms with Crippen molar-refractivity contribution < 1.29 is 14.7 Å². The average molecular weight is 276 g/mol. The van der Waals surface area contributed by atoms with Crippen LogP contribution in [0.15, 0.2) is 0 Å². The van der Waals surface area contributed by atoms with Crippen molar-refractivity contribution in [3.05, 3.63) is 0 Å². The lowest BCUT2D eigenvalue weighted by Gasteiger charge is -2.15. The van der Waals surface area contributed by atoms with Crippen molar-refractivity contribution in [2.75, 3.05) is 12.8 Å². The Kier molecular flexibility index (Phi) is 9.55. The molecule has 0 heterocycles. The first-order valence-electron chi connectivity index (χ1n) is 6.31. The molecule has 106 valence electrons. The lowest BCUT2D eigenvalue weighted by atomic mass is 10.1. The molecule has 0 aliphatic carbocycles. The van der Waals surface area contributed by atoms with Crippen molar-refractivity contribution in [1.29, 1.82) is 0 Å². The zero-order valence-electron chi connectivity index (χ0n) is 11.4. The topological polar surface area (TPSA) is 78.4 Å². The Bertz CT molecular complexity index is 262. The summed E-state index contributed by atoms with van der Waals surface area (Å²) in [5.41, 5.74) is 0. The van der Waals surface area contributed by atoms with Gasteiger partial charge >= 0.3 is 12.0 Å². The minimum Gasteiger partial charge on any atom is -0.480 e. The highest BCUT2D eigenvalue weighted by Crippen LogP contribution is 2.07. The predicted molar refractivity (Wildman–Crippen MR) is 75.1 cm³/mol. The van der Waals surface area contributed by atoms with Gasteiger partial charge in [-0.2, -0.15) is 11.8 Å². The van der Waals surface area contributed by atoms with E-state index in [1.807, 2.05) is 13.2 Å². The molecular weight excluding hydrogens is 252 g/mol. The number of hydrogen-bond donors (Lipinski definition) is 3. The molecule has 0 aromatic carbocycles. The Balaban J connectivity index is 3.91. The van der Waals surface area contributed by atoms with E-state index in [1.165, 1.54) is 0 Å². The van der Waals surface area contributed by atoms with Gasteiger partial charge < -0.3 is 15.7 Å². The number of aliphatic carboxylic acids is 1. The normalized spacial score (nSPS) is 13.7. The third kappa shape index (κ3) is 8.22. The molecule has 18 heavy (non-hydrogen) atoms. The Morgan fingerprint density at radius 2 is 2.00 bits per heavy atom. The lowest BCUT2D eigenvalue weighted by Crippen LogP contribution is -2.46. The van der Waals surface area contributed by atoms with Crippen LogP contribution in [0.3, 0.4) is 0 Å². The second-order valence-corrected chi connectivity index (χ2v) is 5.54. The molecule has 0 fully saturated rings. The van der Waals surface area contributed by atoms with Gasteiger partial charge in [0, 0.05) is 11.8 Å². The van der Waals surface area contributed by atoms with Gasteiger partial charge in [-0.25, -0.2) is 9.59 Å². The monoisotopic (exact) mass is 276 g/mol.